The minimum Gasteiger partial charge on any atom is -0.492 e. The summed E-state index contributed by atoms with van der Waals surface area (Å²) in [5, 5.41) is 9.67. The molecule has 0 aliphatic heterocycles. The van der Waals surface area contributed by atoms with Crippen molar-refractivity contribution in [1.29, 1.82) is 0 Å². The maximum atomic E-state index is 11.6. The van der Waals surface area contributed by atoms with E-state index in [1.807, 2.05) is 26.0 Å². The SMILES string of the molecule is CCCS(=O)(=O)CCOc1ccc(C)cc1[C@H](C)O. The van der Waals surface area contributed by atoms with Gasteiger partial charge in [0.1, 0.15) is 12.4 Å². The first-order valence-corrected chi connectivity index (χ1v) is 8.29. The number of benzene rings is 1. The molecular weight excluding hydrogens is 264 g/mol. The topological polar surface area (TPSA) is 63.6 Å². The Morgan fingerprint density at radius 3 is 2.58 bits per heavy atom. The van der Waals surface area contributed by atoms with Crippen LogP contribution in [0.15, 0.2) is 18.2 Å². The first-order chi connectivity index (χ1) is 8.85. The van der Waals surface area contributed by atoms with E-state index >= 15 is 0 Å². The van der Waals surface area contributed by atoms with Crippen LogP contribution in [0.3, 0.4) is 0 Å². The molecule has 19 heavy (non-hydrogen) atoms. The molecule has 0 unspecified atom stereocenters. The lowest BCUT2D eigenvalue weighted by Gasteiger charge is -2.14. The molecule has 0 spiro atoms. The maximum Gasteiger partial charge on any atom is 0.153 e. The summed E-state index contributed by atoms with van der Waals surface area (Å²) in [7, 11) is -3.03. The predicted molar refractivity (Wildman–Crippen MR) is 76.3 cm³/mol. The molecule has 0 aliphatic carbocycles. The highest BCUT2D eigenvalue weighted by molar-refractivity contribution is 7.91. The van der Waals surface area contributed by atoms with Crippen molar-refractivity contribution in [3.63, 3.8) is 0 Å². The third kappa shape index (κ3) is 5.20. The minimum absolute atomic E-state index is 0.00790. The van der Waals surface area contributed by atoms with Gasteiger partial charge in [0.2, 0.25) is 0 Å². The second-order valence-corrected chi connectivity index (χ2v) is 7.02. The van der Waals surface area contributed by atoms with E-state index in [9.17, 15) is 13.5 Å². The van der Waals surface area contributed by atoms with Crippen molar-refractivity contribution in [3.05, 3.63) is 29.3 Å². The lowest BCUT2D eigenvalue weighted by atomic mass is 10.1. The number of aliphatic hydroxyl groups is 1. The van der Waals surface area contributed by atoms with Crippen LogP contribution in [0.1, 0.15) is 37.5 Å². The molecule has 0 bridgehead atoms. The van der Waals surface area contributed by atoms with E-state index in [0.29, 0.717) is 17.7 Å². The molecule has 4 nitrogen and oxygen atoms in total. The van der Waals surface area contributed by atoms with Crippen LogP contribution in [-0.2, 0) is 9.84 Å². The number of aryl methyl sites for hydroxylation is 1. The normalized spacial score (nSPS) is 13.3. The number of sulfone groups is 1. The molecule has 1 N–H and O–H groups in total. The van der Waals surface area contributed by atoms with Gasteiger partial charge in [-0.05, 0) is 32.4 Å². The van der Waals surface area contributed by atoms with E-state index in [1.165, 1.54) is 0 Å². The third-order valence-corrected chi connectivity index (χ3v) is 4.60. The highest BCUT2D eigenvalue weighted by atomic mass is 32.2. The smallest absolute Gasteiger partial charge is 0.153 e. The van der Waals surface area contributed by atoms with Crippen molar-refractivity contribution < 1.29 is 18.3 Å². The van der Waals surface area contributed by atoms with Crippen LogP contribution in [-0.4, -0.2) is 31.6 Å². The molecule has 0 saturated heterocycles. The molecule has 1 atom stereocenters. The fourth-order valence-corrected chi connectivity index (χ4v) is 2.98. The molecule has 0 aromatic heterocycles. The maximum absolute atomic E-state index is 11.6. The monoisotopic (exact) mass is 286 g/mol. The first-order valence-electron chi connectivity index (χ1n) is 6.47. The average molecular weight is 286 g/mol. The van der Waals surface area contributed by atoms with Gasteiger partial charge in [0.25, 0.3) is 0 Å². The van der Waals surface area contributed by atoms with Crippen LogP contribution < -0.4 is 4.74 Å². The molecule has 0 aliphatic rings. The van der Waals surface area contributed by atoms with E-state index in [0.717, 1.165) is 5.56 Å². The molecule has 1 aromatic carbocycles. The molecule has 5 heteroatoms. The van der Waals surface area contributed by atoms with Gasteiger partial charge in [-0.25, -0.2) is 8.42 Å². The fraction of sp³-hybridized carbons (Fsp3) is 0.571. The summed E-state index contributed by atoms with van der Waals surface area (Å²) in [6, 6.07) is 5.49. The van der Waals surface area contributed by atoms with Crippen molar-refractivity contribution in [2.75, 3.05) is 18.1 Å². The van der Waals surface area contributed by atoms with E-state index in [-0.39, 0.29) is 18.1 Å². The molecule has 1 rings (SSSR count). The van der Waals surface area contributed by atoms with Gasteiger partial charge in [0.05, 0.1) is 17.6 Å². The van der Waals surface area contributed by atoms with Gasteiger partial charge in [0.15, 0.2) is 9.84 Å². The molecule has 0 fully saturated rings. The number of hydrogen-bond acceptors (Lipinski definition) is 4. The van der Waals surface area contributed by atoms with E-state index in [4.69, 9.17) is 4.74 Å². The molecule has 0 amide bonds. The summed E-state index contributed by atoms with van der Waals surface area (Å²) in [5.41, 5.74) is 1.72. The van der Waals surface area contributed by atoms with E-state index in [1.54, 1.807) is 13.0 Å². The van der Waals surface area contributed by atoms with Crippen LogP contribution in [0.5, 0.6) is 5.75 Å². The number of aliphatic hydroxyl groups excluding tert-OH is 1. The second kappa shape index (κ2) is 6.91. The molecule has 108 valence electrons. The Bertz CT molecular complexity index is 506. The Labute approximate surface area is 115 Å². The van der Waals surface area contributed by atoms with Crippen molar-refractivity contribution in [1.82, 2.24) is 0 Å². The summed E-state index contributed by atoms with van der Waals surface area (Å²) < 4.78 is 28.6. The zero-order valence-corrected chi connectivity index (χ0v) is 12.5. The van der Waals surface area contributed by atoms with E-state index < -0.39 is 15.9 Å². The fourth-order valence-electron chi connectivity index (χ4n) is 1.82. The largest absolute Gasteiger partial charge is 0.492 e. The molecule has 0 heterocycles. The lowest BCUT2D eigenvalue weighted by molar-refractivity contribution is 0.192. The number of ether oxygens (including phenoxy) is 1. The minimum atomic E-state index is -3.03. The molecule has 0 saturated carbocycles. The Morgan fingerprint density at radius 2 is 2.00 bits per heavy atom. The Morgan fingerprint density at radius 1 is 1.32 bits per heavy atom. The summed E-state index contributed by atoms with van der Waals surface area (Å²) in [6.07, 6.45) is -0.0200. The van der Waals surface area contributed by atoms with E-state index in [2.05, 4.69) is 0 Å². The van der Waals surface area contributed by atoms with Gasteiger partial charge in [-0.2, -0.15) is 0 Å². The Hall–Kier alpha value is -1.07. The van der Waals surface area contributed by atoms with Crippen LogP contribution in [0.4, 0.5) is 0 Å². The summed E-state index contributed by atoms with van der Waals surface area (Å²) in [4.78, 5) is 0. The third-order valence-electron chi connectivity index (χ3n) is 2.78. The highest BCUT2D eigenvalue weighted by Crippen LogP contribution is 2.26. The first kappa shape index (κ1) is 16.0. The van der Waals surface area contributed by atoms with Crippen molar-refractivity contribution >= 4 is 9.84 Å². The second-order valence-electron chi connectivity index (χ2n) is 4.72. The Balaban J connectivity index is 2.68. The van der Waals surface area contributed by atoms with Gasteiger partial charge in [-0.3, -0.25) is 0 Å². The summed E-state index contributed by atoms with van der Waals surface area (Å²) >= 11 is 0. The molecule has 1 aromatic rings. The van der Waals surface area contributed by atoms with Gasteiger partial charge in [0, 0.05) is 5.56 Å². The van der Waals surface area contributed by atoms with Crippen LogP contribution >= 0.6 is 0 Å². The van der Waals surface area contributed by atoms with Crippen LogP contribution in [0, 0.1) is 6.92 Å². The van der Waals surface area contributed by atoms with Gasteiger partial charge in [-0.15, -0.1) is 0 Å². The number of rotatable bonds is 7. The van der Waals surface area contributed by atoms with Crippen molar-refractivity contribution in [3.8, 4) is 5.75 Å². The zero-order chi connectivity index (χ0) is 14.5. The quantitative estimate of drug-likeness (QED) is 0.835. The predicted octanol–water partition coefficient (Wildman–Crippen LogP) is 2.25. The molecular formula is C14H22O4S. The van der Waals surface area contributed by atoms with Crippen LogP contribution in [0.2, 0.25) is 0 Å². The number of hydrogen-bond donors (Lipinski definition) is 1. The van der Waals surface area contributed by atoms with Crippen molar-refractivity contribution in [2.45, 2.75) is 33.3 Å². The lowest BCUT2D eigenvalue weighted by Crippen LogP contribution is -2.17. The van der Waals surface area contributed by atoms with Crippen molar-refractivity contribution in [2.24, 2.45) is 0 Å². The van der Waals surface area contributed by atoms with Gasteiger partial charge < -0.3 is 9.84 Å². The zero-order valence-electron chi connectivity index (χ0n) is 11.7. The summed E-state index contributed by atoms with van der Waals surface area (Å²) in [5.74, 6) is 0.744. The van der Waals surface area contributed by atoms with Gasteiger partial charge >= 0.3 is 0 Å². The standard InChI is InChI=1S/C14H22O4S/c1-4-8-19(16,17)9-7-18-14-6-5-11(2)10-13(14)12(3)15/h5-6,10,12,15H,4,7-9H2,1-3H3/t12-/m0/s1. The molecule has 0 radical (unpaired) electrons. The summed E-state index contributed by atoms with van der Waals surface area (Å²) in [6.45, 7) is 5.55. The highest BCUT2D eigenvalue weighted by Gasteiger charge is 2.12. The average Bonchev–Trinajstić information content (AvgIpc) is 2.30. The van der Waals surface area contributed by atoms with Gasteiger partial charge in [-0.1, -0.05) is 18.6 Å². The van der Waals surface area contributed by atoms with Crippen LogP contribution in [0.25, 0.3) is 0 Å². The Kier molecular flexibility index (Phi) is 5.82.